The fourth-order valence-electron chi connectivity index (χ4n) is 6.13. The lowest BCUT2D eigenvalue weighted by Gasteiger charge is -2.36. The number of nitrogens with zero attached hydrogens (tertiary/aromatic N) is 3. The number of likely N-dealkylation sites (N-methyl/N-ethyl adjacent to an activating group) is 1. The van der Waals surface area contributed by atoms with Crippen LogP contribution in [0.3, 0.4) is 0 Å². The van der Waals surface area contributed by atoms with Crippen LogP contribution >= 0.6 is 0 Å². The topological polar surface area (TPSA) is 134 Å². The highest BCUT2D eigenvalue weighted by Crippen LogP contribution is 2.42. The van der Waals surface area contributed by atoms with Crippen LogP contribution in [0.15, 0.2) is 71.5 Å². The Bertz CT molecular complexity index is 1750. The zero-order valence-corrected chi connectivity index (χ0v) is 23.0. The number of carbonyl (C=O) groups excluding carboxylic acids is 1. The molecule has 2 heterocycles. The molecule has 1 atom stereocenters. The first-order valence-electron chi connectivity index (χ1n) is 13.7. The van der Waals surface area contributed by atoms with Crippen LogP contribution in [0.2, 0.25) is 0 Å². The number of likely N-dealkylation sites (tertiary alicyclic amines) is 1. The fourth-order valence-corrected chi connectivity index (χ4v) is 6.13. The van der Waals surface area contributed by atoms with E-state index in [1.54, 1.807) is 17.7 Å². The molecule has 1 aliphatic heterocycles. The molecular weight excluding hydrogens is 543 g/mol. The van der Waals surface area contributed by atoms with Gasteiger partial charge in [0.2, 0.25) is 5.91 Å². The van der Waals surface area contributed by atoms with Crippen LogP contribution in [-0.4, -0.2) is 62.2 Å². The van der Waals surface area contributed by atoms with Crippen LogP contribution in [-0.2, 0) is 27.3 Å². The molecule has 0 bridgehead atoms. The molecule has 218 valence electrons. The summed E-state index contributed by atoms with van der Waals surface area (Å²) in [5.41, 5.74) is 3.97. The quantitative estimate of drug-likeness (QED) is 0.300. The lowest BCUT2D eigenvalue weighted by atomic mass is 9.99. The highest BCUT2D eigenvalue weighted by molar-refractivity contribution is 5.92. The van der Waals surface area contributed by atoms with Crippen LogP contribution < -0.4 is 11.0 Å². The molecule has 3 aromatic carbocycles. The van der Waals surface area contributed by atoms with E-state index in [2.05, 4.69) is 16.3 Å². The van der Waals surface area contributed by atoms with Crippen LogP contribution in [0.25, 0.3) is 21.8 Å². The third-order valence-corrected chi connectivity index (χ3v) is 8.00. The third kappa shape index (κ3) is 5.55. The molecular formula is C31H31FN4O6. The maximum Gasteiger partial charge on any atom is 0.329 e. The molecule has 1 aliphatic carbocycles. The molecule has 42 heavy (non-hydrogen) atoms. The van der Waals surface area contributed by atoms with E-state index in [4.69, 9.17) is 10.2 Å². The summed E-state index contributed by atoms with van der Waals surface area (Å²) in [5, 5.41) is 20.0. The molecule has 1 fully saturated rings. The number of carboxylic acids is 2. The Morgan fingerprint density at radius 2 is 1.62 bits per heavy atom. The second-order valence-electron chi connectivity index (χ2n) is 10.4. The van der Waals surface area contributed by atoms with Crippen molar-refractivity contribution in [2.24, 2.45) is 0 Å². The van der Waals surface area contributed by atoms with Gasteiger partial charge in [-0.2, -0.15) is 0 Å². The molecule has 0 radical (unpaired) electrons. The predicted molar refractivity (Wildman–Crippen MR) is 155 cm³/mol. The van der Waals surface area contributed by atoms with Crippen LogP contribution in [0, 0.1) is 5.82 Å². The number of amides is 1. The minimum Gasteiger partial charge on any atom is -0.478 e. The predicted octanol–water partition coefficient (Wildman–Crippen LogP) is 3.49. The number of halogens is 1. The number of nitrogens with one attached hydrogen (secondary N) is 1. The van der Waals surface area contributed by atoms with Gasteiger partial charge < -0.3 is 15.5 Å². The molecule has 4 aromatic rings. The summed E-state index contributed by atoms with van der Waals surface area (Å²) in [6.45, 7) is 1.75. The van der Waals surface area contributed by atoms with Crippen molar-refractivity contribution in [2.75, 3.05) is 20.1 Å². The Balaban J connectivity index is 0.000000390. The first-order chi connectivity index (χ1) is 20.2. The van der Waals surface area contributed by atoms with Crippen molar-refractivity contribution in [1.82, 2.24) is 19.4 Å². The minimum absolute atomic E-state index is 0.0165. The summed E-state index contributed by atoms with van der Waals surface area (Å²) in [4.78, 5) is 47.0. The first kappa shape index (κ1) is 28.7. The molecule has 6 rings (SSSR count). The molecule has 10 nitrogen and oxygen atoms in total. The number of piperidine rings is 1. The van der Waals surface area contributed by atoms with Crippen LogP contribution in [0.4, 0.5) is 4.39 Å². The summed E-state index contributed by atoms with van der Waals surface area (Å²) in [5.74, 6) is -2.86. The monoisotopic (exact) mass is 574 g/mol. The number of carbonyl (C=O) groups is 3. The Hall–Kier alpha value is -4.77. The smallest absolute Gasteiger partial charge is 0.329 e. The van der Waals surface area contributed by atoms with Crippen LogP contribution in [0.1, 0.15) is 36.1 Å². The van der Waals surface area contributed by atoms with Gasteiger partial charge >= 0.3 is 17.6 Å². The molecule has 2 aliphatic rings. The second-order valence-corrected chi connectivity index (χ2v) is 10.4. The van der Waals surface area contributed by atoms with Crippen molar-refractivity contribution in [3.8, 4) is 0 Å². The summed E-state index contributed by atoms with van der Waals surface area (Å²) >= 11 is 0. The van der Waals surface area contributed by atoms with E-state index in [0.29, 0.717) is 17.5 Å². The number of aliphatic carboxylic acids is 2. The number of benzene rings is 3. The highest BCUT2D eigenvalue weighted by Gasteiger charge is 2.33. The molecule has 1 aromatic heterocycles. The maximum absolute atomic E-state index is 14.4. The van der Waals surface area contributed by atoms with E-state index < -0.39 is 11.9 Å². The van der Waals surface area contributed by atoms with Gasteiger partial charge in [-0.25, -0.2) is 18.8 Å². The number of carboxylic acid groups (broad SMARTS) is 2. The molecule has 1 saturated heterocycles. The highest BCUT2D eigenvalue weighted by atomic mass is 19.1. The van der Waals surface area contributed by atoms with Gasteiger partial charge in [-0.15, -0.1) is 0 Å². The summed E-state index contributed by atoms with van der Waals surface area (Å²) in [6.07, 6.45) is 3.72. The van der Waals surface area contributed by atoms with Gasteiger partial charge in [0.25, 0.3) is 0 Å². The first-order valence-corrected chi connectivity index (χ1v) is 13.7. The van der Waals surface area contributed by atoms with E-state index in [1.165, 1.54) is 11.1 Å². The van der Waals surface area contributed by atoms with Crippen LogP contribution in [0.5, 0.6) is 0 Å². The number of imidazole rings is 1. The van der Waals surface area contributed by atoms with Gasteiger partial charge in [0.15, 0.2) is 0 Å². The van der Waals surface area contributed by atoms with Crippen molar-refractivity contribution >= 4 is 39.7 Å². The van der Waals surface area contributed by atoms with Crippen molar-refractivity contribution in [3.05, 3.63) is 94.2 Å². The average Bonchev–Trinajstić information content (AvgIpc) is 3.50. The largest absolute Gasteiger partial charge is 0.478 e. The Morgan fingerprint density at radius 3 is 2.26 bits per heavy atom. The van der Waals surface area contributed by atoms with Crippen molar-refractivity contribution in [2.45, 2.75) is 37.9 Å². The van der Waals surface area contributed by atoms with Crippen molar-refractivity contribution < 1.29 is 29.0 Å². The molecule has 1 amide bonds. The number of aromatic nitrogens is 2. The second kappa shape index (κ2) is 12.0. The molecule has 0 unspecified atom stereocenters. The summed E-state index contributed by atoms with van der Waals surface area (Å²) in [7, 11) is 1.58. The van der Waals surface area contributed by atoms with Gasteiger partial charge in [-0.3, -0.25) is 18.8 Å². The summed E-state index contributed by atoms with van der Waals surface area (Å²) in [6, 6.07) is 17.5. The zero-order valence-electron chi connectivity index (χ0n) is 23.0. The Morgan fingerprint density at radius 1 is 0.952 bits per heavy atom. The lowest BCUT2D eigenvalue weighted by molar-refractivity contribution is -0.134. The zero-order chi connectivity index (χ0) is 30.0. The van der Waals surface area contributed by atoms with E-state index in [9.17, 15) is 23.6 Å². The Labute approximate surface area is 240 Å². The fraction of sp³-hybridized carbons (Fsp3) is 0.290. The molecule has 0 spiro atoms. The third-order valence-electron chi connectivity index (χ3n) is 8.00. The van der Waals surface area contributed by atoms with E-state index in [-0.39, 0.29) is 36.0 Å². The minimum atomic E-state index is -1.26. The normalized spacial score (nSPS) is 17.0. The van der Waals surface area contributed by atoms with Gasteiger partial charge in [0.05, 0.1) is 11.0 Å². The average molecular weight is 575 g/mol. The number of rotatable bonds is 6. The Kier molecular flexibility index (Phi) is 8.21. The van der Waals surface area contributed by atoms with Crippen molar-refractivity contribution in [3.63, 3.8) is 0 Å². The van der Waals surface area contributed by atoms with E-state index >= 15 is 0 Å². The maximum atomic E-state index is 14.4. The van der Waals surface area contributed by atoms with Gasteiger partial charge in [-0.05, 0) is 54.0 Å². The number of hydrogen-bond donors (Lipinski definition) is 3. The van der Waals surface area contributed by atoms with Gasteiger partial charge in [0, 0.05) is 49.8 Å². The molecule has 11 heteroatoms. The number of fused-ring (bicyclic) bond motifs is 1. The van der Waals surface area contributed by atoms with Crippen molar-refractivity contribution in [1.29, 1.82) is 0 Å². The molecule has 3 N–H and O–H groups in total. The van der Waals surface area contributed by atoms with Gasteiger partial charge in [-0.1, -0.05) is 36.4 Å². The lowest BCUT2D eigenvalue weighted by Crippen LogP contribution is -2.40. The number of hydrogen-bond acceptors (Lipinski definition) is 5. The standard InChI is InChI=1S/C27H27FN4O2.C4H4O4/c1-29-25(33)16-31-22-7-2-3-8-23(22)32(27(31)34)18-11-13-30(14-12-18)24-15-17-9-10-21(28)19-5-4-6-20(24)26(17)19;5-3(6)1-2-4(7)8/h2-10,18,24H,11-16H2,1H3,(H,29,33);1-2H,(H,5,6)(H,7,8)/b;2-1-/t24-;/m1./s1. The van der Waals surface area contributed by atoms with E-state index in [0.717, 1.165) is 48.8 Å². The summed E-state index contributed by atoms with van der Waals surface area (Å²) < 4.78 is 17.8. The number of para-hydroxylation sites is 2. The molecule has 0 saturated carbocycles. The van der Waals surface area contributed by atoms with E-state index in [1.807, 2.05) is 47.0 Å². The van der Waals surface area contributed by atoms with Gasteiger partial charge in [0.1, 0.15) is 12.4 Å². The SMILES string of the molecule is CNC(=O)Cn1c(=O)n(C2CCN([C@@H]3Cc4ccc(F)c5cccc3c45)CC2)c2ccccc21.O=C(O)/C=C\C(=O)O.